The predicted molar refractivity (Wildman–Crippen MR) is 138 cm³/mol. The summed E-state index contributed by atoms with van der Waals surface area (Å²) in [4.78, 5) is 42.6. The van der Waals surface area contributed by atoms with E-state index in [4.69, 9.17) is 11.6 Å². The molecule has 2 aromatic carbocycles. The van der Waals surface area contributed by atoms with E-state index in [1.807, 2.05) is 4.72 Å². The number of aromatic nitrogens is 3. The predicted octanol–water partition coefficient (Wildman–Crippen LogP) is 3.77. The number of aryl methyl sites for hydroxylation is 1. The van der Waals surface area contributed by atoms with Gasteiger partial charge in [-0.2, -0.15) is 0 Å². The highest BCUT2D eigenvalue weighted by molar-refractivity contribution is 9.11. The average molecular weight is 594 g/mol. The number of nitrogens with one attached hydrogen (secondary N) is 2. The number of nitrogens with zero attached hydrogens (tertiary/aromatic N) is 2. The molecule has 0 saturated carbocycles. The second-order valence-electron chi connectivity index (χ2n) is 7.53. The smallest absolute Gasteiger partial charge is 0.333 e. The molecule has 3 heterocycles. The zero-order valence-corrected chi connectivity index (χ0v) is 21.7. The minimum Gasteiger partial charge on any atom is -0.338 e. The maximum atomic E-state index is 13.4. The Bertz CT molecular complexity index is 1900. The Labute approximate surface area is 214 Å². The minimum atomic E-state index is -4.23. The molecule has 178 valence electrons. The number of fused-ring (bicyclic) bond motifs is 2. The summed E-state index contributed by atoms with van der Waals surface area (Å²) in [5, 5.41) is 0.843. The summed E-state index contributed by atoms with van der Waals surface area (Å²) in [7, 11) is -2.70. The number of halogens is 2. The molecule has 0 bridgehead atoms. The second-order valence-corrected chi connectivity index (χ2v) is 12.3. The molecule has 0 aliphatic carbocycles. The number of thiophene rings is 1. The van der Waals surface area contributed by atoms with Crippen molar-refractivity contribution >= 4 is 76.6 Å². The largest absolute Gasteiger partial charge is 0.338 e. The number of para-hydroxylation sites is 1. The van der Waals surface area contributed by atoms with E-state index < -0.39 is 27.2 Å². The lowest BCUT2D eigenvalue weighted by Crippen LogP contribution is -2.37. The Morgan fingerprint density at radius 3 is 2.54 bits per heavy atom. The molecule has 0 fully saturated rings. The van der Waals surface area contributed by atoms with E-state index in [1.165, 1.54) is 23.7 Å². The summed E-state index contributed by atoms with van der Waals surface area (Å²) in [5.74, 6) is -1.01. The van der Waals surface area contributed by atoms with E-state index in [0.717, 1.165) is 15.9 Å². The first-order chi connectivity index (χ1) is 16.6. The summed E-state index contributed by atoms with van der Waals surface area (Å²) >= 11 is 10.3. The monoisotopic (exact) mass is 592 g/mol. The molecule has 35 heavy (non-hydrogen) atoms. The van der Waals surface area contributed by atoms with Crippen LogP contribution < -0.4 is 16.0 Å². The van der Waals surface area contributed by atoms with Gasteiger partial charge in [-0.25, -0.2) is 22.5 Å². The van der Waals surface area contributed by atoms with Crippen LogP contribution in [0.3, 0.4) is 0 Å². The molecule has 0 atom stereocenters. The SMILES string of the molecule is Cn1c(C(=O)NS(=O)(=O)c2ccc(Br)s2)c(-n2c(=O)[nH]c3ccccc3c2=O)c2cc(Cl)ccc21. The molecule has 0 radical (unpaired) electrons. The van der Waals surface area contributed by atoms with Crippen molar-refractivity contribution in [3.63, 3.8) is 0 Å². The first-order valence-electron chi connectivity index (χ1n) is 9.93. The Morgan fingerprint density at radius 2 is 1.83 bits per heavy atom. The number of aromatic amines is 1. The molecule has 2 N–H and O–H groups in total. The lowest BCUT2D eigenvalue weighted by atomic mass is 10.2. The molecule has 0 aliphatic heterocycles. The van der Waals surface area contributed by atoms with Crippen LogP contribution in [0, 0.1) is 0 Å². The summed E-state index contributed by atoms with van der Waals surface area (Å²) < 4.78 is 30.5. The number of hydrogen-bond acceptors (Lipinski definition) is 6. The van der Waals surface area contributed by atoms with Gasteiger partial charge in [-0.1, -0.05) is 23.7 Å². The molecule has 5 rings (SSSR count). The minimum absolute atomic E-state index is 0.0814. The molecule has 0 aliphatic rings. The van der Waals surface area contributed by atoms with E-state index >= 15 is 0 Å². The second kappa shape index (κ2) is 8.48. The number of hydrogen-bond donors (Lipinski definition) is 2. The van der Waals surface area contributed by atoms with E-state index in [2.05, 4.69) is 20.9 Å². The van der Waals surface area contributed by atoms with Crippen molar-refractivity contribution in [3.8, 4) is 5.69 Å². The number of benzene rings is 2. The van der Waals surface area contributed by atoms with Crippen LogP contribution >= 0.6 is 38.9 Å². The molecule has 13 heteroatoms. The average Bonchev–Trinajstić information content (AvgIpc) is 3.35. The molecule has 0 spiro atoms. The van der Waals surface area contributed by atoms with Gasteiger partial charge in [0.1, 0.15) is 9.90 Å². The number of carbonyl (C=O) groups is 1. The van der Waals surface area contributed by atoms with Gasteiger partial charge in [0.15, 0.2) is 0 Å². The molecule has 3 aromatic heterocycles. The van der Waals surface area contributed by atoms with Gasteiger partial charge in [-0.3, -0.25) is 9.59 Å². The maximum Gasteiger partial charge on any atom is 0.333 e. The number of amides is 1. The first kappa shape index (κ1) is 23.5. The molecule has 5 aromatic rings. The quantitative estimate of drug-likeness (QED) is 0.329. The van der Waals surface area contributed by atoms with Crippen molar-refractivity contribution in [2.24, 2.45) is 7.05 Å². The van der Waals surface area contributed by atoms with E-state index in [9.17, 15) is 22.8 Å². The fraction of sp³-hybridized carbons (Fsp3) is 0.0455. The van der Waals surface area contributed by atoms with Gasteiger partial charge in [-0.05, 0) is 58.4 Å². The third kappa shape index (κ3) is 3.92. The molecular formula is C22H14BrClN4O5S2. The third-order valence-corrected chi connectivity index (χ3v) is 9.10. The van der Waals surface area contributed by atoms with Gasteiger partial charge < -0.3 is 9.55 Å². The summed E-state index contributed by atoms with van der Waals surface area (Å²) in [6.07, 6.45) is 0. The van der Waals surface area contributed by atoms with Crippen molar-refractivity contribution in [3.05, 3.63) is 89.9 Å². The van der Waals surface area contributed by atoms with Crippen molar-refractivity contribution < 1.29 is 13.2 Å². The molecule has 0 unspecified atom stereocenters. The van der Waals surface area contributed by atoms with Crippen LogP contribution in [0.4, 0.5) is 0 Å². The van der Waals surface area contributed by atoms with Crippen LogP contribution in [0.25, 0.3) is 27.5 Å². The lowest BCUT2D eigenvalue weighted by molar-refractivity contribution is 0.0974. The van der Waals surface area contributed by atoms with Gasteiger partial charge in [0.2, 0.25) is 0 Å². The van der Waals surface area contributed by atoms with E-state index in [-0.39, 0.29) is 21.0 Å². The Hall–Kier alpha value is -3.19. The number of sulfonamides is 1. The number of rotatable bonds is 4. The standard InChI is InChI=1S/C22H14BrClN4O5S2/c1-27-15-7-6-11(24)10-13(15)18(28-21(30)12-4-2-3-5-14(12)25-22(28)31)19(27)20(29)26-35(32,33)17-9-8-16(23)34-17/h2-10H,1H3,(H,25,31)(H,26,29). The normalized spacial score (nSPS) is 11.9. The zero-order chi connectivity index (χ0) is 25.1. The Kier molecular flexibility index (Phi) is 5.71. The van der Waals surface area contributed by atoms with Crippen molar-refractivity contribution in [1.82, 2.24) is 18.8 Å². The van der Waals surface area contributed by atoms with Crippen molar-refractivity contribution in [1.29, 1.82) is 0 Å². The van der Waals surface area contributed by atoms with Gasteiger partial charge in [-0.15, -0.1) is 11.3 Å². The number of H-pyrrole nitrogens is 1. The molecule has 1 amide bonds. The molecule has 9 nitrogen and oxygen atoms in total. The topological polar surface area (TPSA) is 123 Å². The Morgan fingerprint density at radius 1 is 1.09 bits per heavy atom. The molecular weight excluding hydrogens is 580 g/mol. The maximum absolute atomic E-state index is 13.4. The van der Waals surface area contributed by atoms with Gasteiger partial charge in [0.05, 0.1) is 25.9 Å². The highest BCUT2D eigenvalue weighted by Crippen LogP contribution is 2.31. The number of carbonyl (C=O) groups excluding carboxylic acids is 1. The van der Waals surface area contributed by atoms with Crippen LogP contribution in [0.5, 0.6) is 0 Å². The first-order valence-corrected chi connectivity index (χ1v) is 13.4. The van der Waals surface area contributed by atoms with Crippen LogP contribution in [-0.2, 0) is 17.1 Å². The Balaban J connectivity index is 1.81. The fourth-order valence-corrected chi connectivity index (χ4v) is 7.05. The summed E-state index contributed by atoms with van der Waals surface area (Å²) in [6, 6.07) is 14.1. The van der Waals surface area contributed by atoms with Crippen LogP contribution in [0.15, 0.2) is 72.2 Å². The lowest BCUT2D eigenvalue weighted by Gasteiger charge is -2.11. The van der Waals surface area contributed by atoms with Crippen LogP contribution in [-0.4, -0.2) is 28.4 Å². The summed E-state index contributed by atoms with van der Waals surface area (Å²) in [5.41, 5.74) is -0.957. The van der Waals surface area contributed by atoms with Gasteiger partial charge >= 0.3 is 5.69 Å². The van der Waals surface area contributed by atoms with Gasteiger partial charge in [0, 0.05) is 17.5 Å². The fourth-order valence-electron chi connectivity index (χ4n) is 3.91. The van der Waals surface area contributed by atoms with E-state index in [1.54, 1.807) is 42.5 Å². The zero-order valence-electron chi connectivity index (χ0n) is 17.7. The van der Waals surface area contributed by atoms with Crippen molar-refractivity contribution in [2.75, 3.05) is 0 Å². The van der Waals surface area contributed by atoms with Crippen LogP contribution in [0.1, 0.15) is 10.5 Å². The highest BCUT2D eigenvalue weighted by atomic mass is 79.9. The molecule has 0 saturated heterocycles. The van der Waals surface area contributed by atoms with E-state index in [0.29, 0.717) is 25.2 Å². The van der Waals surface area contributed by atoms with Crippen molar-refractivity contribution in [2.45, 2.75) is 4.21 Å². The van der Waals surface area contributed by atoms with Crippen LogP contribution in [0.2, 0.25) is 5.02 Å². The highest BCUT2D eigenvalue weighted by Gasteiger charge is 2.29. The summed E-state index contributed by atoms with van der Waals surface area (Å²) in [6.45, 7) is 0. The third-order valence-electron chi connectivity index (χ3n) is 5.42. The van der Waals surface area contributed by atoms with Gasteiger partial charge in [0.25, 0.3) is 21.5 Å².